The third-order valence-electron chi connectivity index (χ3n) is 3.62. The lowest BCUT2D eigenvalue weighted by Crippen LogP contribution is -2.28. The highest BCUT2D eigenvalue weighted by molar-refractivity contribution is 7.90. The van der Waals surface area contributed by atoms with Crippen LogP contribution in [0.25, 0.3) is 0 Å². The quantitative estimate of drug-likeness (QED) is 0.818. The molecule has 7 heteroatoms. The van der Waals surface area contributed by atoms with E-state index in [9.17, 15) is 18.0 Å². The maximum atomic E-state index is 11.8. The lowest BCUT2D eigenvalue weighted by atomic mass is 10.2. The van der Waals surface area contributed by atoms with Crippen LogP contribution in [0.15, 0.2) is 24.3 Å². The van der Waals surface area contributed by atoms with Crippen LogP contribution in [-0.4, -0.2) is 38.8 Å². The van der Waals surface area contributed by atoms with Crippen LogP contribution in [0.3, 0.4) is 0 Å². The molecule has 1 saturated carbocycles. The van der Waals surface area contributed by atoms with Gasteiger partial charge in [-0.25, -0.2) is 8.42 Å². The Labute approximate surface area is 130 Å². The van der Waals surface area contributed by atoms with E-state index in [2.05, 4.69) is 10.6 Å². The standard InChI is InChI=1S/C15H20N2O4S/c1-10-9-13(10)15(19)17-12-5-3-11(4-6-12)14(18)16-7-8-22(2,20)21/h3-6,10,13H,7-9H2,1-2H3,(H,16,18)(H,17,19). The van der Waals surface area contributed by atoms with Gasteiger partial charge in [-0.1, -0.05) is 6.92 Å². The van der Waals surface area contributed by atoms with Crippen LogP contribution in [0, 0.1) is 11.8 Å². The lowest BCUT2D eigenvalue weighted by Gasteiger charge is -2.07. The minimum atomic E-state index is -3.09. The van der Waals surface area contributed by atoms with Gasteiger partial charge in [0.2, 0.25) is 5.91 Å². The number of hydrogen-bond donors (Lipinski definition) is 2. The van der Waals surface area contributed by atoms with Crippen LogP contribution in [0.2, 0.25) is 0 Å². The molecular weight excluding hydrogens is 304 g/mol. The summed E-state index contributed by atoms with van der Waals surface area (Å²) in [5.74, 6) is 0.126. The van der Waals surface area contributed by atoms with E-state index in [1.54, 1.807) is 24.3 Å². The molecular formula is C15H20N2O4S. The second-order valence-corrected chi connectivity index (χ2v) is 8.03. The molecule has 0 saturated heterocycles. The summed E-state index contributed by atoms with van der Waals surface area (Å²) in [5, 5.41) is 5.36. The van der Waals surface area contributed by atoms with Gasteiger partial charge in [0.1, 0.15) is 9.84 Å². The number of nitrogens with one attached hydrogen (secondary N) is 2. The minimum absolute atomic E-state index is 0.0119. The molecule has 0 aromatic heterocycles. The maximum absolute atomic E-state index is 11.8. The van der Waals surface area contributed by atoms with Gasteiger partial charge in [0.05, 0.1) is 5.75 Å². The van der Waals surface area contributed by atoms with Crippen molar-refractivity contribution in [1.29, 1.82) is 0 Å². The van der Waals surface area contributed by atoms with E-state index in [4.69, 9.17) is 0 Å². The molecule has 1 aliphatic rings. The Bertz CT molecular complexity index is 667. The third-order valence-corrected chi connectivity index (χ3v) is 4.56. The van der Waals surface area contributed by atoms with Crippen LogP contribution in [0.4, 0.5) is 5.69 Å². The molecule has 0 spiro atoms. The summed E-state index contributed by atoms with van der Waals surface area (Å²) in [6.07, 6.45) is 2.05. The number of hydrogen-bond acceptors (Lipinski definition) is 4. The van der Waals surface area contributed by atoms with Crippen LogP contribution in [0.1, 0.15) is 23.7 Å². The summed E-state index contributed by atoms with van der Waals surface area (Å²) < 4.78 is 22.0. The molecule has 2 rings (SSSR count). The molecule has 22 heavy (non-hydrogen) atoms. The van der Waals surface area contributed by atoms with Crippen LogP contribution < -0.4 is 10.6 Å². The van der Waals surface area contributed by atoms with Crippen molar-refractivity contribution in [2.75, 3.05) is 23.9 Å². The van der Waals surface area contributed by atoms with Crippen LogP contribution >= 0.6 is 0 Å². The normalized spacial score (nSPS) is 20.3. The third kappa shape index (κ3) is 4.84. The van der Waals surface area contributed by atoms with Gasteiger partial charge in [-0.15, -0.1) is 0 Å². The fourth-order valence-electron chi connectivity index (χ4n) is 2.08. The highest BCUT2D eigenvalue weighted by atomic mass is 32.2. The van der Waals surface area contributed by atoms with Crippen molar-refractivity contribution < 1.29 is 18.0 Å². The number of rotatable bonds is 6. The Morgan fingerprint density at radius 2 is 1.82 bits per heavy atom. The molecule has 2 atom stereocenters. The van der Waals surface area contributed by atoms with Gasteiger partial charge in [-0.2, -0.15) is 0 Å². The fraction of sp³-hybridized carbons (Fsp3) is 0.467. The largest absolute Gasteiger partial charge is 0.351 e. The van der Waals surface area contributed by atoms with E-state index in [0.717, 1.165) is 12.7 Å². The first-order valence-corrected chi connectivity index (χ1v) is 9.19. The first-order valence-electron chi connectivity index (χ1n) is 7.13. The van der Waals surface area contributed by atoms with Gasteiger partial charge in [0, 0.05) is 30.0 Å². The van der Waals surface area contributed by atoms with E-state index in [1.165, 1.54) is 0 Å². The van der Waals surface area contributed by atoms with Gasteiger partial charge in [-0.3, -0.25) is 9.59 Å². The average Bonchev–Trinajstić information content (AvgIpc) is 3.15. The van der Waals surface area contributed by atoms with Crippen LogP contribution in [-0.2, 0) is 14.6 Å². The number of carbonyl (C=O) groups is 2. The zero-order valence-electron chi connectivity index (χ0n) is 12.6. The molecule has 1 aromatic rings. The van der Waals surface area contributed by atoms with Crippen molar-refractivity contribution >= 4 is 27.3 Å². The van der Waals surface area contributed by atoms with Gasteiger partial charge in [-0.05, 0) is 36.6 Å². The molecule has 6 nitrogen and oxygen atoms in total. The van der Waals surface area contributed by atoms with Gasteiger partial charge in [0.25, 0.3) is 5.91 Å². The molecule has 1 aliphatic carbocycles. The van der Waals surface area contributed by atoms with Gasteiger partial charge >= 0.3 is 0 Å². The number of carbonyl (C=O) groups excluding carboxylic acids is 2. The average molecular weight is 324 g/mol. The monoisotopic (exact) mass is 324 g/mol. The highest BCUT2D eigenvalue weighted by Gasteiger charge is 2.39. The summed E-state index contributed by atoms with van der Waals surface area (Å²) in [6, 6.07) is 6.52. The summed E-state index contributed by atoms with van der Waals surface area (Å²) in [7, 11) is -3.09. The van der Waals surface area contributed by atoms with E-state index in [1.807, 2.05) is 6.92 Å². The minimum Gasteiger partial charge on any atom is -0.351 e. The second kappa shape index (κ2) is 6.48. The van der Waals surface area contributed by atoms with Crippen molar-refractivity contribution in [2.45, 2.75) is 13.3 Å². The molecule has 2 amide bonds. The van der Waals surface area contributed by atoms with Gasteiger partial charge in [0.15, 0.2) is 0 Å². The van der Waals surface area contributed by atoms with Crippen molar-refractivity contribution in [3.05, 3.63) is 29.8 Å². The van der Waals surface area contributed by atoms with Crippen molar-refractivity contribution in [1.82, 2.24) is 5.32 Å². The number of benzene rings is 1. The van der Waals surface area contributed by atoms with E-state index >= 15 is 0 Å². The summed E-state index contributed by atoms with van der Waals surface area (Å²) in [4.78, 5) is 23.6. The highest BCUT2D eigenvalue weighted by Crippen LogP contribution is 2.38. The van der Waals surface area contributed by atoms with E-state index in [0.29, 0.717) is 17.2 Å². The summed E-state index contributed by atoms with van der Waals surface area (Å²) in [6.45, 7) is 2.11. The first kappa shape index (κ1) is 16.5. The summed E-state index contributed by atoms with van der Waals surface area (Å²) >= 11 is 0. The number of anilines is 1. The maximum Gasteiger partial charge on any atom is 0.251 e. The van der Waals surface area contributed by atoms with E-state index < -0.39 is 9.84 Å². The predicted molar refractivity (Wildman–Crippen MR) is 84.4 cm³/mol. The summed E-state index contributed by atoms with van der Waals surface area (Å²) in [5.41, 5.74) is 1.07. The second-order valence-electron chi connectivity index (χ2n) is 5.77. The predicted octanol–water partition coefficient (Wildman–Crippen LogP) is 1.06. The Kier molecular flexibility index (Phi) is 4.85. The molecule has 0 aliphatic heterocycles. The zero-order valence-corrected chi connectivity index (χ0v) is 13.4. The fourth-order valence-corrected chi connectivity index (χ4v) is 2.55. The molecule has 0 bridgehead atoms. The molecule has 1 fully saturated rings. The molecule has 2 unspecified atom stereocenters. The number of sulfone groups is 1. The molecule has 1 aromatic carbocycles. The van der Waals surface area contributed by atoms with Crippen molar-refractivity contribution in [3.63, 3.8) is 0 Å². The molecule has 2 N–H and O–H groups in total. The van der Waals surface area contributed by atoms with Gasteiger partial charge < -0.3 is 10.6 Å². The molecule has 0 radical (unpaired) electrons. The Balaban J connectivity index is 1.85. The Hall–Kier alpha value is -1.89. The number of amides is 2. The lowest BCUT2D eigenvalue weighted by molar-refractivity contribution is -0.117. The Morgan fingerprint density at radius 1 is 1.23 bits per heavy atom. The van der Waals surface area contributed by atoms with Crippen LogP contribution in [0.5, 0.6) is 0 Å². The zero-order chi connectivity index (χ0) is 16.3. The van der Waals surface area contributed by atoms with E-state index in [-0.39, 0.29) is 30.0 Å². The molecule has 0 heterocycles. The van der Waals surface area contributed by atoms with Crippen molar-refractivity contribution in [3.8, 4) is 0 Å². The Morgan fingerprint density at radius 3 is 2.32 bits per heavy atom. The van der Waals surface area contributed by atoms with Crippen molar-refractivity contribution in [2.24, 2.45) is 11.8 Å². The smallest absolute Gasteiger partial charge is 0.251 e. The topological polar surface area (TPSA) is 92.3 Å². The molecule has 120 valence electrons. The first-order chi connectivity index (χ1) is 10.3. The SMILES string of the molecule is CC1CC1C(=O)Nc1ccc(C(=O)NCCS(C)(=O)=O)cc1.